The lowest BCUT2D eigenvalue weighted by atomic mass is 10.2. The number of nitrogens with zero attached hydrogens (tertiary/aromatic N) is 4. The van der Waals surface area contributed by atoms with E-state index < -0.39 is 0 Å². The predicted molar refractivity (Wildman–Crippen MR) is 113 cm³/mol. The highest BCUT2D eigenvalue weighted by Crippen LogP contribution is 2.18. The Hall–Kier alpha value is -3.98. The van der Waals surface area contributed by atoms with Crippen LogP contribution in [0.4, 0.5) is 5.69 Å². The van der Waals surface area contributed by atoms with Crippen LogP contribution in [0.5, 0.6) is 0 Å². The number of aromatic nitrogens is 4. The molecule has 6 nitrogen and oxygen atoms in total. The minimum absolute atomic E-state index is 0.203. The van der Waals surface area contributed by atoms with E-state index in [4.69, 9.17) is 0 Å². The zero-order valence-electron chi connectivity index (χ0n) is 16.1. The molecule has 0 radical (unpaired) electrons. The average Bonchev–Trinajstić information content (AvgIpc) is 3.17. The first-order valence-corrected chi connectivity index (χ1v) is 9.28. The summed E-state index contributed by atoms with van der Waals surface area (Å²) in [7, 11) is 0. The molecule has 0 aliphatic heterocycles. The molecule has 3 aromatic heterocycles. The Morgan fingerprint density at radius 3 is 2.72 bits per heavy atom. The van der Waals surface area contributed by atoms with E-state index in [0.29, 0.717) is 16.9 Å². The van der Waals surface area contributed by atoms with E-state index in [1.54, 1.807) is 24.7 Å². The first-order chi connectivity index (χ1) is 14.1. The highest BCUT2D eigenvalue weighted by molar-refractivity contribution is 6.05. The maximum absolute atomic E-state index is 12.7. The molecule has 0 aliphatic carbocycles. The summed E-state index contributed by atoms with van der Waals surface area (Å²) in [5, 5.41) is 8.07. The Labute approximate surface area is 168 Å². The molecule has 6 heteroatoms. The zero-order chi connectivity index (χ0) is 20.2. The molecule has 29 heavy (non-hydrogen) atoms. The summed E-state index contributed by atoms with van der Waals surface area (Å²) in [6.45, 7) is 4.08. The number of fused-ring (bicyclic) bond motifs is 1. The van der Waals surface area contributed by atoms with Crippen molar-refractivity contribution in [2.24, 2.45) is 0 Å². The summed E-state index contributed by atoms with van der Waals surface area (Å²) in [5.41, 5.74) is 3.40. The van der Waals surface area contributed by atoms with Crippen LogP contribution in [-0.2, 0) is 0 Å². The van der Waals surface area contributed by atoms with Gasteiger partial charge in [-0.15, -0.1) is 0 Å². The van der Waals surface area contributed by atoms with Crippen molar-refractivity contribution in [2.45, 2.75) is 19.9 Å². The van der Waals surface area contributed by atoms with E-state index in [9.17, 15) is 4.79 Å². The van der Waals surface area contributed by atoms with Gasteiger partial charge in [0.1, 0.15) is 5.69 Å². The summed E-state index contributed by atoms with van der Waals surface area (Å²) in [6.07, 6.45) is 5.01. The number of carbonyl (C=O) groups excluding carboxylic acids is 1. The van der Waals surface area contributed by atoms with E-state index in [1.165, 1.54) is 0 Å². The smallest absolute Gasteiger partial charge is 0.257 e. The molecule has 1 aromatic carbocycles. The molecule has 142 valence electrons. The fourth-order valence-corrected chi connectivity index (χ4v) is 2.89. The number of hydrogen-bond donors (Lipinski definition) is 1. The van der Waals surface area contributed by atoms with Crippen LogP contribution in [0.25, 0.3) is 11.0 Å². The summed E-state index contributed by atoms with van der Waals surface area (Å²) in [5.74, 6) is 5.85. The number of amides is 1. The molecule has 0 saturated carbocycles. The van der Waals surface area contributed by atoms with Crippen molar-refractivity contribution in [1.82, 2.24) is 19.7 Å². The molecule has 4 rings (SSSR count). The highest BCUT2D eigenvalue weighted by atomic mass is 16.1. The molecular formula is C23H19N5O. The predicted octanol–water partition coefficient (Wildman–Crippen LogP) is 4.06. The molecule has 0 saturated heterocycles. The third-order valence-corrected chi connectivity index (χ3v) is 4.30. The monoisotopic (exact) mass is 381 g/mol. The Balaban J connectivity index is 1.53. The number of rotatable bonds is 3. The van der Waals surface area contributed by atoms with E-state index in [1.807, 2.05) is 61.0 Å². The van der Waals surface area contributed by atoms with Crippen LogP contribution in [0.3, 0.4) is 0 Å². The molecule has 0 bridgehead atoms. The van der Waals surface area contributed by atoms with Crippen LogP contribution in [0, 0.1) is 11.8 Å². The van der Waals surface area contributed by atoms with Gasteiger partial charge in [0, 0.05) is 35.1 Å². The molecular weight excluding hydrogens is 362 g/mol. The fourth-order valence-electron chi connectivity index (χ4n) is 2.89. The molecule has 0 aliphatic rings. The SMILES string of the molecule is CC(C)n1ncc2cc(C(=O)Nc3cccc(C#Cc4ccccn4)c3)cnc21. The third-order valence-electron chi connectivity index (χ3n) is 4.30. The van der Waals surface area contributed by atoms with Gasteiger partial charge in [-0.05, 0) is 56.2 Å². The summed E-state index contributed by atoms with van der Waals surface area (Å²) in [4.78, 5) is 21.3. The number of nitrogens with one attached hydrogen (secondary N) is 1. The van der Waals surface area contributed by atoms with E-state index >= 15 is 0 Å². The fraction of sp³-hybridized carbons (Fsp3) is 0.130. The van der Waals surface area contributed by atoms with Crippen molar-refractivity contribution in [2.75, 3.05) is 5.32 Å². The third kappa shape index (κ3) is 4.14. The topological polar surface area (TPSA) is 72.7 Å². The summed E-state index contributed by atoms with van der Waals surface area (Å²) < 4.78 is 1.83. The van der Waals surface area contributed by atoms with Gasteiger partial charge in [0.2, 0.25) is 0 Å². The summed E-state index contributed by atoms with van der Waals surface area (Å²) >= 11 is 0. The van der Waals surface area contributed by atoms with Gasteiger partial charge in [-0.1, -0.05) is 18.1 Å². The van der Waals surface area contributed by atoms with Gasteiger partial charge in [0.15, 0.2) is 5.65 Å². The normalized spacial score (nSPS) is 10.6. The Morgan fingerprint density at radius 1 is 1.03 bits per heavy atom. The van der Waals surface area contributed by atoms with Crippen molar-refractivity contribution < 1.29 is 4.79 Å². The highest BCUT2D eigenvalue weighted by Gasteiger charge is 2.12. The molecule has 0 spiro atoms. The molecule has 1 N–H and O–H groups in total. The second-order valence-electron chi connectivity index (χ2n) is 6.82. The Bertz CT molecular complexity index is 1230. The number of anilines is 1. The summed E-state index contributed by atoms with van der Waals surface area (Å²) in [6, 6.07) is 15.0. The van der Waals surface area contributed by atoms with E-state index in [0.717, 1.165) is 16.6 Å². The lowest BCUT2D eigenvalue weighted by molar-refractivity contribution is 0.102. The van der Waals surface area contributed by atoms with Gasteiger partial charge < -0.3 is 5.32 Å². The van der Waals surface area contributed by atoms with Gasteiger partial charge in [-0.3, -0.25) is 4.79 Å². The van der Waals surface area contributed by atoms with Gasteiger partial charge in [0.05, 0.1) is 11.8 Å². The molecule has 4 aromatic rings. The second kappa shape index (κ2) is 7.95. The van der Waals surface area contributed by atoms with Crippen LogP contribution in [0.1, 0.15) is 41.5 Å². The van der Waals surface area contributed by atoms with Crippen LogP contribution < -0.4 is 5.32 Å². The van der Waals surface area contributed by atoms with Crippen molar-refractivity contribution in [3.8, 4) is 11.8 Å². The van der Waals surface area contributed by atoms with Crippen molar-refractivity contribution in [3.63, 3.8) is 0 Å². The van der Waals surface area contributed by atoms with Crippen LogP contribution in [0.2, 0.25) is 0 Å². The molecule has 3 heterocycles. The van der Waals surface area contributed by atoms with Gasteiger partial charge in [0.25, 0.3) is 5.91 Å². The zero-order valence-corrected chi connectivity index (χ0v) is 16.1. The standard InChI is InChI=1S/C23H19N5O/c1-16(2)28-22-18(15-26-28)13-19(14-25-22)23(29)27-21-8-5-6-17(12-21)9-10-20-7-3-4-11-24-20/h3-8,11-16H,1-2H3,(H,27,29). The Kier molecular flexibility index (Phi) is 5.04. The Morgan fingerprint density at radius 2 is 1.93 bits per heavy atom. The van der Waals surface area contributed by atoms with Crippen LogP contribution in [0.15, 0.2) is 67.1 Å². The van der Waals surface area contributed by atoms with E-state index in [2.05, 4.69) is 32.2 Å². The van der Waals surface area contributed by atoms with Crippen molar-refractivity contribution in [3.05, 3.63) is 83.9 Å². The number of benzene rings is 1. The van der Waals surface area contributed by atoms with Gasteiger partial charge in [-0.2, -0.15) is 5.10 Å². The van der Waals surface area contributed by atoms with Crippen LogP contribution >= 0.6 is 0 Å². The van der Waals surface area contributed by atoms with Crippen LogP contribution in [-0.4, -0.2) is 25.7 Å². The first kappa shape index (κ1) is 18.4. The number of pyridine rings is 2. The minimum Gasteiger partial charge on any atom is -0.322 e. The lowest BCUT2D eigenvalue weighted by Crippen LogP contribution is -2.12. The minimum atomic E-state index is -0.230. The average molecular weight is 381 g/mol. The maximum Gasteiger partial charge on any atom is 0.257 e. The maximum atomic E-state index is 12.7. The molecule has 0 unspecified atom stereocenters. The largest absolute Gasteiger partial charge is 0.322 e. The molecule has 0 fully saturated rings. The number of carbonyl (C=O) groups is 1. The van der Waals surface area contributed by atoms with Gasteiger partial charge in [-0.25, -0.2) is 14.6 Å². The second-order valence-corrected chi connectivity index (χ2v) is 6.82. The first-order valence-electron chi connectivity index (χ1n) is 9.28. The van der Waals surface area contributed by atoms with Crippen molar-refractivity contribution >= 4 is 22.6 Å². The van der Waals surface area contributed by atoms with Crippen molar-refractivity contribution in [1.29, 1.82) is 0 Å². The quantitative estimate of drug-likeness (QED) is 0.543. The molecule has 1 amide bonds. The number of hydrogen-bond acceptors (Lipinski definition) is 4. The molecule has 0 atom stereocenters. The lowest BCUT2D eigenvalue weighted by Gasteiger charge is -2.07. The van der Waals surface area contributed by atoms with E-state index in [-0.39, 0.29) is 11.9 Å². The van der Waals surface area contributed by atoms with Gasteiger partial charge >= 0.3 is 0 Å².